The minimum Gasteiger partial charge on any atom is -0.464 e. The molecule has 314 valence electrons. The van der Waals surface area contributed by atoms with Crippen molar-refractivity contribution in [3.63, 3.8) is 0 Å². The van der Waals surface area contributed by atoms with Crippen LogP contribution in [0.15, 0.2) is 0 Å². The number of unbranched alkanes of at least 4 members (excludes halogenated alkanes) is 27. The van der Waals surface area contributed by atoms with E-state index < -0.39 is 0 Å². The number of carbonyl (C=O) groups excluding carboxylic acids is 3. The molecule has 7 nitrogen and oxygen atoms in total. The molecule has 0 radical (unpaired) electrons. The second-order valence-corrected chi connectivity index (χ2v) is 17.0. The van der Waals surface area contributed by atoms with Crippen molar-refractivity contribution in [2.45, 2.75) is 226 Å². The van der Waals surface area contributed by atoms with Gasteiger partial charge in [-0.25, -0.2) is 0 Å². The average molecular weight is 752 g/mol. The molecule has 0 fully saturated rings. The van der Waals surface area contributed by atoms with Crippen molar-refractivity contribution in [1.29, 1.82) is 0 Å². The third kappa shape index (κ3) is 39.9. The van der Waals surface area contributed by atoms with Gasteiger partial charge in [-0.3, -0.25) is 14.4 Å². The van der Waals surface area contributed by atoms with Gasteiger partial charge in [-0.2, -0.15) is 0 Å². The summed E-state index contributed by atoms with van der Waals surface area (Å²) >= 11 is 0. The molecule has 0 rings (SSSR count). The molecule has 0 atom stereocenters. The van der Waals surface area contributed by atoms with Crippen LogP contribution in [0, 0.1) is 0 Å². The zero-order chi connectivity index (χ0) is 39.1. The van der Waals surface area contributed by atoms with E-state index in [1.54, 1.807) is 4.90 Å². The molecule has 7 heteroatoms. The van der Waals surface area contributed by atoms with Crippen LogP contribution in [0.2, 0.25) is 0 Å². The van der Waals surface area contributed by atoms with Gasteiger partial charge in [0.2, 0.25) is 5.91 Å². The minimum atomic E-state index is -0.177. The summed E-state index contributed by atoms with van der Waals surface area (Å²) in [7, 11) is 6.76. The number of quaternary nitrogens is 1. The predicted octanol–water partition coefficient (Wildman–Crippen LogP) is 12.5. The Bertz CT molecular complexity index is 783. The van der Waals surface area contributed by atoms with Gasteiger partial charge in [0.15, 0.2) is 0 Å². The molecule has 0 aromatic heterocycles. The highest BCUT2D eigenvalue weighted by molar-refractivity contribution is 5.76. The maximum absolute atomic E-state index is 13.2. The quantitative estimate of drug-likeness (QED) is 0.0353. The van der Waals surface area contributed by atoms with Crippen molar-refractivity contribution < 1.29 is 28.3 Å². The van der Waals surface area contributed by atoms with Crippen LogP contribution >= 0.6 is 0 Å². The van der Waals surface area contributed by atoms with Crippen molar-refractivity contribution in [2.24, 2.45) is 0 Å². The molecule has 53 heavy (non-hydrogen) atoms. The first-order valence-corrected chi connectivity index (χ1v) is 23.1. The molecule has 0 unspecified atom stereocenters. The van der Waals surface area contributed by atoms with Crippen LogP contribution < -0.4 is 0 Å². The van der Waals surface area contributed by atoms with Gasteiger partial charge in [0.1, 0.15) is 13.2 Å². The maximum Gasteiger partial charge on any atom is 0.305 e. The van der Waals surface area contributed by atoms with E-state index in [1.165, 1.54) is 154 Å². The molecule has 0 aromatic carbocycles. The number of carbonyl (C=O) groups is 3. The summed E-state index contributed by atoms with van der Waals surface area (Å²) < 4.78 is 12.1. The average Bonchev–Trinajstić information content (AvgIpc) is 3.12. The molecule has 0 aliphatic carbocycles. The van der Waals surface area contributed by atoms with Crippen molar-refractivity contribution >= 4 is 17.8 Å². The Balaban J connectivity index is 4.34. The highest BCUT2D eigenvalue weighted by atomic mass is 16.5. The molecule has 1 amide bonds. The molecule has 0 heterocycles. The van der Waals surface area contributed by atoms with Crippen LogP contribution in [0.1, 0.15) is 226 Å². The SMILES string of the molecule is CCCCCCCCCCCCCC(=O)OCCN(CCOC(=O)CCCCCCCCCCCCC)C(=O)CCCCCCCCCC[N+](C)(C)C. The van der Waals surface area contributed by atoms with Gasteiger partial charge in [-0.05, 0) is 32.1 Å². The number of hydrogen-bond donors (Lipinski definition) is 0. The molecule has 0 bridgehead atoms. The van der Waals surface area contributed by atoms with Gasteiger partial charge in [-0.15, -0.1) is 0 Å². The topological polar surface area (TPSA) is 72.9 Å². The van der Waals surface area contributed by atoms with Crippen molar-refractivity contribution in [3.8, 4) is 0 Å². The third-order valence-corrected chi connectivity index (χ3v) is 10.5. The Morgan fingerprint density at radius 2 is 0.679 bits per heavy atom. The first-order chi connectivity index (χ1) is 25.7. The Labute approximate surface area is 330 Å². The van der Waals surface area contributed by atoms with Gasteiger partial charge >= 0.3 is 11.9 Å². The lowest BCUT2D eigenvalue weighted by molar-refractivity contribution is -0.870. The normalized spacial score (nSPS) is 11.6. The van der Waals surface area contributed by atoms with Crippen molar-refractivity contribution in [3.05, 3.63) is 0 Å². The molecule has 0 aromatic rings. The largest absolute Gasteiger partial charge is 0.464 e. The zero-order valence-corrected chi connectivity index (χ0v) is 36.3. The number of hydrogen-bond acceptors (Lipinski definition) is 5. The maximum atomic E-state index is 13.2. The Morgan fingerprint density at radius 3 is 1.00 bits per heavy atom. The van der Waals surface area contributed by atoms with E-state index in [9.17, 15) is 14.4 Å². The molecule has 0 saturated carbocycles. The summed E-state index contributed by atoms with van der Waals surface area (Å²) in [5.41, 5.74) is 0. The lowest BCUT2D eigenvalue weighted by Gasteiger charge is -2.23. The molecule has 0 N–H and O–H groups in total. The van der Waals surface area contributed by atoms with Crippen LogP contribution in [-0.2, 0) is 23.9 Å². The van der Waals surface area contributed by atoms with E-state index in [4.69, 9.17) is 9.47 Å². The van der Waals surface area contributed by atoms with Gasteiger partial charge in [0.25, 0.3) is 0 Å². The van der Waals surface area contributed by atoms with Crippen LogP contribution in [0.5, 0.6) is 0 Å². The van der Waals surface area contributed by atoms with Crippen LogP contribution in [0.4, 0.5) is 0 Å². The number of esters is 2. The highest BCUT2D eigenvalue weighted by Gasteiger charge is 2.15. The molecule has 0 aliphatic heterocycles. The lowest BCUT2D eigenvalue weighted by atomic mass is 10.1. The van der Waals surface area contributed by atoms with E-state index in [0.717, 1.165) is 49.4 Å². The number of rotatable bonds is 41. The molecule has 0 spiro atoms. The summed E-state index contributed by atoms with van der Waals surface area (Å²) in [4.78, 5) is 39.7. The number of amides is 1. The lowest BCUT2D eigenvalue weighted by Crippen LogP contribution is -2.37. The van der Waals surface area contributed by atoms with Gasteiger partial charge in [0, 0.05) is 19.3 Å². The van der Waals surface area contributed by atoms with E-state index in [-0.39, 0.29) is 31.1 Å². The fourth-order valence-electron chi connectivity index (χ4n) is 6.99. The number of ether oxygens (including phenoxy) is 2. The highest BCUT2D eigenvalue weighted by Crippen LogP contribution is 2.15. The fraction of sp³-hybridized carbons (Fsp3) is 0.935. The molecule has 0 aliphatic rings. The van der Waals surface area contributed by atoms with E-state index in [1.807, 2.05) is 0 Å². The van der Waals surface area contributed by atoms with E-state index in [2.05, 4.69) is 35.0 Å². The molecular formula is C46H91N2O5+. The van der Waals surface area contributed by atoms with Gasteiger partial charge in [0.05, 0.1) is 40.8 Å². The monoisotopic (exact) mass is 752 g/mol. The zero-order valence-electron chi connectivity index (χ0n) is 36.3. The summed E-state index contributed by atoms with van der Waals surface area (Å²) in [6, 6.07) is 0. The van der Waals surface area contributed by atoms with E-state index >= 15 is 0 Å². The van der Waals surface area contributed by atoms with Gasteiger partial charge in [-0.1, -0.05) is 174 Å². The van der Waals surface area contributed by atoms with E-state index in [0.29, 0.717) is 32.4 Å². The Morgan fingerprint density at radius 1 is 0.396 bits per heavy atom. The Kier molecular flexibility index (Phi) is 37.4. The van der Waals surface area contributed by atoms with Gasteiger partial charge < -0.3 is 18.9 Å². The number of nitrogens with zero attached hydrogens (tertiary/aromatic N) is 2. The van der Waals surface area contributed by atoms with Crippen molar-refractivity contribution in [1.82, 2.24) is 4.90 Å². The summed E-state index contributed by atoms with van der Waals surface area (Å²) in [5, 5.41) is 0. The summed E-state index contributed by atoms with van der Waals surface area (Å²) in [5.74, 6) is -0.290. The fourth-order valence-corrected chi connectivity index (χ4v) is 6.99. The van der Waals surface area contributed by atoms with Crippen molar-refractivity contribution in [2.75, 3.05) is 54.0 Å². The van der Waals surface area contributed by atoms with Crippen LogP contribution in [0.25, 0.3) is 0 Å². The second kappa shape index (κ2) is 38.6. The van der Waals surface area contributed by atoms with Crippen LogP contribution in [-0.4, -0.2) is 81.2 Å². The minimum absolute atomic E-state index is 0.0631. The predicted molar refractivity (Wildman–Crippen MR) is 225 cm³/mol. The second-order valence-electron chi connectivity index (χ2n) is 17.0. The standard InChI is InChI=1S/C46H91N2O5/c1-6-8-10-12-14-16-18-20-25-29-33-37-45(50)52-42-39-47(44(49)36-32-28-24-22-23-27-31-35-41-48(3,4)5)40-43-53-46(51)38-34-30-26-21-19-17-15-13-11-9-7-2/h6-43H2,1-5H3/q+1. The molecule has 0 saturated heterocycles. The smallest absolute Gasteiger partial charge is 0.305 e. The molecular weight excluding hydrogens is 661 g/mol. The first kappa shape index (κ1) is 51.4. The first-order valence-electron chi connectivity index (χ1n) is 23.1. The third-order valence-electron chi connectivity index (χ3n) is 10.5. The van der Waals surface area contributed by atoms with Crippen LogP contribution in [0.3, 0.4) is 0 Å². The summed E-state index contributed by atoms with van der Waals surface area (Å²) in [6.07, 6.45) is 38.3. The Hall–Kier alpha value is -1.63. The summed E-state index contributed by atoms with van der Waals surface area (Å²) in [6.45, 7) is 6.85.